The van der Waals surface area contributed by atoms with Crippen molar-refractivity contribution in [3.8, 4) is 22.4 Å². The average molecular weight is 531 g/mol. The molecule has 0 atom stereocenters. The monoisotopic (exact) mass is 529 g/mol. The van der Waals surface area contributed by atoms with Gasteiger partial charge in [-0.2, -0.15) is 0 Å². The van der Waals surface area contributed by atoms with Crippen molar-refractivity contribution < 1.29 is 0 Å². The Balaban J connectivity index is 1.60. The maximum absolute atomic E-state index is 6.26. The molecule has 3 nitrogen and oxygen atoms in total. The zero-order chi connectivity index (χ0) is 24.8. The second-order valence-corrected chi connectivity index (χ2v) is 10.6. The van der Waals surface area contributed by atoms with E-state index in [-0.39, 0.29) is 0 Å². The molecule has 3 heterocycles. The van der Waals surface area contributed by atoms with Gasteiger partial charge in [-0.1, -0.05) is 77.4 Å². The van der Waals surface area contributed by atoms with Crippen LogP contribution in [0, 0.1) is 6.92 Å². The molecule has 0 unspecified atom stereocenters. The van der Waals surface area contributed by atoms with E-state index in [0.29, 0.717) is 10.0 Å². The zero-order valence-corrected chi connectivity index (χ0v) is 22.2. The molecule has 180 valence electrons. The molecule has 1 aliphatic heterocycles. The van der Waals surface area contributed by atoms with Gasteiger partial charge in [-0.15, -0.1) is 0 Å². The average Bonchev–Trinajstić information content (AvgIpc) is 3.29. The van der Waals surface area contributed by atoms with Gasteiger partial charge in [0.25, 0.3) is 0 Å². The summed E-state index contributed by atoms with van der Waals surface area (Å²) in [6.45, 7) is 3.10. The van der Waals surface area contributed by atoms with Crippen LogP contribution in [0.1, 0.15) is 29.7 Å². The minimum Gasteiger partial charge on any atom is -0.345 e. The van der Waals surface area contributed by atoms with Crippen LogP contribution in [0.15, 0.2) is 79.0 Å². The molecule has 0 radical (unpaired) electrons. The number of anilines is 1. The van der Waals surface area contributed by atoms with E-state index in [0.717, 1.165) is 47.8 Å². The summed E-state index contributed by atoms with van der Waals surface area (Å²) in [6.07, 6.45) is 5.52. The van der Waals surface area contributed by atoms with E-state index >= 15 is 0 Å². The maximum atomic E-state index is 6.26. The number of hydrogen-bond acceptors (Lipinski definition) is 1. The molecule has 3 aromatic carbocycles. The number of rotatable bonds is 4. The molecule has 0 aliphatic carbocycles. The highest BCUT2D eigenvalue weighted by molar-refractivity contribution is 7.81. The molecule has 0 saturated heterocycles. The Morgan fingerprint density at radius 2 is 1.47 bits per heavy atom. The van der Waals surface area contributed by atoms with Crippen LogP contribution >= 0.6 is 35.4 Å². The number of imidazole rings is 1. The smallest absolute Gasteiger partial charge is 0.128 e. The molecule has 0 amide bonds. The SMILES string of the molecule is Cc1ccc(-c2cn3c(C(=S)Nc4ccc(Cl)cc4)c(-c4ccc(Cl)cc4)c4c3n2CCCC4)cc1. The van der Waals surface area contributed by atoms with Gasteiger partial charge in [0.05, 0.1) is 11.4 Å². The fourth-order valence-corrected chi connectivity index (χ4v) is 5.78. The predicted octanol–water partition coefficient (Wildman–Crippen LogP) is 8.81. The highest BCUT2D eigenvalue weighted by Crippen LogP contribution is 2.40. The fourth-order valence-electron chi connectivity index (χ4n) is 5.21. The van der Waals surface area contributed by atoms with Crippen molar-refractivity contribution >= 4 is 51.7 Å². The minimum atomic E-state index is 0.678. The Morgan fingerprint density at radius 3 is 2.17 bits per heavy atom. The lowest BCUT2D eigenvalue weighted by Crippen LogP contribution is -2.14. The van der Waals surface area contributed by atoms with Gasteiger partial charge in [-0.25, -0.2) is 0 Å². The van der Waals surface area contributed by atoms with Crippen molar-refractivity contribution in [2.24, 2.45) is 0 Å². The highest BCUT2D eigenvalue weighted by Gasteiger charge is 2.28. The summed E-state index contributed by atoms with van der Waals surface area (Å²) in [5.41, 5.74) is 10.5. The van der Waals surface area contributed by atoms with E-state index in [2.05, 4.69) is 63.8 Å². The summed E-state index contributed by atoms with van der Waals surface area (Å²) in [6, 6.07) is 24.5. The summed E-state index contributed by atoms with van der Waals surface area (Å²) in [4.78, 5) is 0.678. The number of nitrogens with zero attached hydrogens (tertiary/aromatic N) is 2. The minimum absolute atomic E-state index is 0.678. The van der Waals surface area contributed by atoms with Gasteiger partial charge in [0.1, 0.15) is 10.6 Å². The molecule has 0 bridgehead atoms. The van der Waals surface area contributed by atoms with Crippen LogP contribution in [0.4, 0.5) is 5.69 Å². The molecule has 1 aliphatic rings. The molecule has 6 rings (SSSR count). The number of hydrogen-bond donors (Lipinski definition) is 1. The zero-order valence-electron chi connectivity index (χ0n) is 19.9. The van der Waals surface area contributed by atoms with E-state index in [1.807, 2.05) is 36.4 Å². The van der Waals surface area contributed by atoms with E-state index in [4.69, 9.17) is 35.4 Å². The number of aryl methyl sites for hydroxylation is 3. The van der Waals surface area contributed by atoms with Gasteiger partial charge in [0, 0.05) is 39.6 Å². The molecule has 1 N–H and O–H groups in total. The summed E-state index contributed by atoms with van der Waals surface area (Å²) < 4.78 is 4.77. The quantitative estimate of drug-likeness (QED) is 0.235. The Bertz CT molecular complexity index is 1580. The van der Waals surface area contributed by atoms with Gasteiger partial charge in [-0.05, 0) is 73.7 Å². The van der Waals surface area contributed by atoms with Crippen LogP contribution in [0.5, 0.6) is 0 Å². The van der Waals surface area contributed by atoms with Gasteiger partial charge >= 0.3 is 0 Å². The van der Waals surface area contributed by atoms with Crippen molar-refractivity contribution in [1.29, 1.82) is 0 Å². The van der Waals surface area contributed by atoms with Crippen molar-refractivity contribution in [2.75, 3.05) is 5.32 Å². The first kappa shape index (κ1) is 23.4. The predicted molar refractivity (Wildman–Crippen MR) is 156 cm³/mol. The van der Waals surface area contributed by atoms with Crippen LogP contribution in [0.3, 0.4) is 0 Å². The summed E-state index contributed by atoms with van der Waals surface area (Å²) in [5, 5.41) is 4.89. The largest absolute Gasteiger partial charge is 0.345 e. The van der Waals surface area contributed by atoms with Crippen molar-refractivity contribution in [1.82, 2.24) is 8.97 Å². The lowest BCUT2D eigenvalue weighted by molar-refractivity contribution is 0.647. The molecule has 0 saturated carbocycles. The van der Waals surface area contributed by atoms with Crippen LogP contribution in [0.2, 0.25) is 10.0 Å². The lowest BCUT2D eigenvalue weighted by atomic mass is 9.98. The summed E-state index contributed by atoms with van der Waals surface area (Å²) in [5.74, 6) is 0. The fraction of sp³-hybridized carbons (Fsp3) is 0.167. The van der Waals surface area contributed by atoms with Gasteiger partial charge in [0.15, 0.2) is 0 Å². The molecule has 6 heteroatoms. The Hall–Kier alpha value is -3.05. The van der Waals surface area contributed by atoms with Crippen molar-refractivity contribution in [3.63, 3.8) is 0 Å². The number of nitrogens with one attached hydrogen (secondary N) is 1. The molecular weight excluding hydrogens is 505 g/mol. The van der Waals surface area contributed by atoms with Crippen molar-refractivity contribution in [3.05, 3.63) is 106 Å². The third-order valence-corrected chi connectivity index (χ3v) is 7.73. The third-order valence-electron chi connectivity index (χ3n) is 6.93. The number of benzene rings is 3. The number of thiocarbonyl (C=S) groups is 1. The van der Waals surface area contributed by atoms with E-state index in [1.54, 1.807) is 0 Å². The Kier molecular flexibility index (Phi) is 6.12. The number of aromatic nitrogens is 2. The van der Waals surface area contributed by atoms with Gasteiger partial charge < -0.3 is 9.88 Å². The van der Waals surface area contributed by atoms with Gasteiger partial charge in [0.2, 0.25) is 0 Å². The standard InChI is InChI=1S/C30H25Cl2N3S/c1-19-5-7-20(8-6-19)26-18-35-28(29(36)33-24-15-13-23(32)14-16-24)27(21-9-11-22(31)12-10-21)25-4-2-3-17-34(26)30(25)35/h5-16,18H,2-4,17H2,1H3,(H,33,36). The molecule has 0 fully saturated rings. The van der Waals surface area contributed by atoms with Crippen LogP contribution in [0.25, 0.3) is 28.0 Å². The first-order chi connectivity index (χ1) is 17.5. The van der Waals surface area contributed by atoms with E-state index in [1.165, 1.54) is 33.6 Å². The first-order valence-corrected chi connectivity index (χ1v) is 13.3. The Labute approximate surface area is 226 Å². The molecular formula is C30H25Cl2N3S. The van der Waals surface area contributed by atoms with E-state index in [9.17, 15) is 0 Å². The normalized spacial score (nSPS) is 13.1. The third kappa shape index (κ3) is 4.13. The highest BCUT2D eigenvalue weighted by atomic mass is 35.5. The maximum Gasteiger partial charge on any atom is 0.128 e. The van der Waals surface area contributed by atoms with Crippen LogP contribution in [-0.2, 0) is 13.0 Å². The molecule has 5 aromatic rings. The molecule has 0 spiro atoms. The summed E-state index contributed by atoms with van der Waals surface area (Å²) in [7, 11) is 0. The Morgan fingerprint density at radius 1 is 0.833 bits per heavy atom. The number of halogens is 2. The van der Waals surface area contributed by atoms with Gasteiger partial charge in [-0.3, -0.25) is 4.40 Å². The molecule has 2 aromatic heterocycles. The molecule has 36 heavy (non-hydrogen) atoms. The topological polar surface area (TPSA) is 21.4 Å². The summed E-state index contributed by atoms with van der Waals surface area (Å²) >= 11 is 18.5. The lowest BCUT2D eigenvalue weighted by Gasteiger charge is -2.12. The first-order valence-electron chi connectivity index (χ1n) is 12.2. The van der Waals surface area contributed by atoms with Crippen molar-refractivity contribution in [2.45, 2.75) is 32.7 Å². The second-order valence-electron chi connectivity index (χ2n) is 9.35. The van der Waals surface area contributed by atoms with Crippen LogP contribution < -0.4 is 5.32 Å². The van der Waals surface area contributed by atoms with Crippen LogP contribution in [-0.4, -0.2) is 14.0 Å². The second kappa shape index (κ2) is 9.44. The van der Waals surface area contributed by atoms with E-state index < -0.39 is 0 Å².